The molecule has 0 aromatic carbocycles. The van der Waals surface area contributed by atoms with Crippen LogP contribution in [0, 0.1) is 5.41 Å². The molecule has 1 aliphatic rings. The number of nitrogens with two attached hydrogens (primary N) is 1. The molecule has 4 nitrogen and oxygen atoms in total. The summed E-state index contributed by atoms with van der Waals surface area (Å²) in [6.07, 6.45) is 6.76. The van der Waals surface area contributed by atoms with E-state index < -0.39 is 0 Å². The van der Waals surface area contributed by atoms with Crippen LogP contribution in [-0.4, -0.2) is 21.3 Å². The molecule has 2 rings (SSSR count). The first-order valence-corrected chi connectivity index (χ1v) is 5.02. The molecular formula is C10H17N3O. The van der Waals surface area contributed by atoms with Crippen molar-refractivity contribution < 1.29 is 5.11 Å². The van der Waals surface area contributed by atoms with Crippen molar-refractivity contribution in [3.8, 4) is 0 Å². The van der Waals surface area contributed by atoms with E-state index in [0.29, 0.717) is 0 Å². The monoisotopic (exact) mass is 195 g/mol. The van der Waals surface area contributed by atoms with Crippen LogP contribution in [0.1, 0.15) is 31.0 Å². The minimum absolute atomic E-state index is 0.0891. The highest BCUT2D eigenvalue weighted by Crippen LogP contribution is 2.48. The lowest BCUT2D eigenvalue weighted by atomic mass is 9.64. The zero-order valence-electron chi connectivity index (χ0n) is 8.48. The molecule has 4 heteroatoms. The van der Waals surface area contributed by atoms with Gasteiger partial charge in [-0.3, -0.25) is 0 Å². The van der Waals surface area contributed by atoms with Crippen LogP contribution in [0.25, 0.3) is 0 Å². The van der Waals surface area contributed by atoms with E-state index in [0.717, 1.165) is 18.5 Å². The first-order valence-electron chi connectivity index (χ1n) is 5.02. The molecule has 1 aliphatic carbocycles. The summed E-state index contributed by atoms with van der Waals surface area (Å²) in [4.78, 5) is 4.05. The second kappa shape index (κ2) is 3.37. The molecular weight excluding hydrogens is 178 g/mol. The Hall–Kier alpha value is -0.870. The van der Waals surface area contributed by atoms with Crippen molar-refractivity contribution in [2.75, 3.05) is 6.61 Å². The van der Waals surface area contributed by atoms with Crippen molar-refractivity contribution in [3.05, 3.63) is 18.2 Å². The van der Waals surface area contributed by atoms with E-state index in [1.165, 1.54) is 6.42 Å². The van der Waals surface area contributed by atoms with Crippen LogP contribution in [0.4, 0.5) is 0 Å². The first-order chi connectivity index (χ1) is 6.69. The first kappa shape index (κ1) is 9.68. The zero-order chi connectivity index (χ0) is 10.2. The Balaban J connectivity index is 2.22. The maximum atomic E-state index is 9.39. The molecule has 0 radical (unpaired) electrons. The fraction of sp³-hybridized carbons (Fsp3) is 0.700. The number of aryl methyl sites for hydroxylation is 1. The van der Waals surface area contributed by atoms with Gasteiger partial charge in [0.05, 0.1) is 24.7 Å². The van der Waals surface area contributed by atoms with Crippen LogP contribution in [0.2, 0.25) is 0 Å². The minimum atomic E-state index is -0.0895. The van der Waals surface area contributed by atoms with Gasteiger partial charge in [-0.2, -0.15) is 0 Å². The summed E-state index contributed by atoms with van der Waals surface area (Å²) in [5, 5.41) is 9.39. The quantitative estimate of drug-likeness (QED) is 0.741. The highest BCUT2D eigenvalue weighted by Gasteiger charge is 2.43. The lowest BCUT2D eigenvalue weighted by molar-refractivity contribution is 0.0163. The Bertz CT molecular complexity index is 311. The standard InChI is InChI=1S/C10H17N3O/c1-13-7-12-5-8(13)9(11)10(6-14)3-2-4-10/h5,7,9,14H,2-4,6,11H2,1H3. The topological polar surface area (TPSA) is 64.1 Å². The van der Waals surface area contributed by atoms with Gasteiger partial charge in [0, 0.05) is 18.7 Å². The largest absolute Gasteiger partial charge is 0.396 e. The summed E-state index contributed by atoms with van der Waals surface area (Å²) in [7, 11) is 1.94. The van der Waals surface area contributed by atoms with Crippen LogP contribution in [0.5, 0.6) is 0 Å². The average Bonchev–Trinajstić information content (AvgIpc) is 2.50. The van der Waals surface area contributed by atoms with Crippen molar-refractivity contribution in [2.24, 2.45) is 18.2 Å². The molecule has 1 heterocycles. The smallest absolute Gasteiger partial charge is 0.0946 e. The van der Waals surface area contributed by atoms with Crippen LogP contribution in [0.15, 0.2) is 12.5 Å². The molecule has 3 N–H and O–H groups in total. The molecule has 0 amide bonds. The van der Waals surface area contributed by atoms with E-state index in [-0.39, 0.29) is 18.1 Å². The van der Waals surface area contributed by atoms with Gasteiger partial charge < -0.3 is 15.4 Å². The number of nitrogens with zero attached hydrogens (tertiary/aromatic N) is 2. The summed E-state index contributed by atoms with van der Waals surface area (Å²) in [5.41, 5.74) is 7.09. The van der Waals surface area contributed by atoms with E-state index >= 15 is 0 Å². The number of hydrogen-bond donors (Lipinski definition) is 2. The summed E-state index contributed by atoms with van der Waals surface area (Å²) >= 11 is 0. The maximum Gasteiger partial charge on any atom is 0.0946 e. The van der Waals surface area contributed by atoms with Crippen LogP contribution in [-0.2, 0) is 7.05 Å². The predicted molar refractivity (Wildman–Crippen MR) is 53.5 cm³/mol. The van der Waals surface area contributed by atoms with E-state index in [2.05, 4.69) is 4.98 Å². The fourth-order valence-electron chi connectivity index (χ4n) is 2.18. The van der Waals surface area contributed by atoms with Crippen molar-refractivity contribution in [2.45, 2.75) is 25.3 Å². The Kier molecular flexibility index (Phi) is 2.33. The van der Waals surface area contributed by atoms with E-state index in [1.807, 2.05) is 11.6 Å². The van der Waals surface area contributed by atoms with Gasteiger partial charge in [-0.25, -0.2) is 4.98 Å². The third kappa shape index (κ3) is 1.26. The average molecular weight is 195 g/mol. The minimum Gasteiger partial charge on any atom is -0.396 e. The zero-order valence-corrected chi connectivity index (χ0v) is 8.48. The van der Waals surface area contributed by atoms with Crippen LogP contribution < -0.4 is 5.73 Å². The van der Waals surface area contributed by atoms with Crippen molar-refractivity contribution in [3.63, 3.8) is 0 Å². The normalized spacial score (nSPS) is 21.6. The van der Waals surface area contributed by atoms with Gasteiger partial charge in [0.25, 0.3) is 0 Å². The van der Waals surface area contributed by atoms with Crippen molar-refractivity contribution in [1.29, 1.82) is 0 Å². The summed E-state index contributed by atoms with van der Waals surface area (Å²) < 4.78 is 1.93. The molecule has 1 saturated carbocycles. The van der Waals surface area contributed by atoms with Gasteiger partial charge in [-0.1, -0.05) is 6.42 Å². The Morgan fingerprint density at radius 2 is 2.43 bits per heavy atom. The number of imidazole rings is 1. The molecule has 0 bridgehead atoms. The molecule has 1 unspecified atom stereocenters. The molecule has 1 atom stereocenters. The number of rotatable bonds is 3. The van der Waals surface area contributed by atoms with Gasteiger partial charge in [-0.05, 0) is 12.8 Å². The van der Waals surface area contributed by atoms with Gasteiger partial charge in [0.1, 0.15) is 0 Å². The fourth-order valence-corrected chi connectivity index (χ4v) is 2.18. The molecule has 0 aliphatic heterocycles. The number of aromatic nitrogens is 2. The number of aliphatic hydroxyl groups is 1. The van der Waals surface area contributed by atoms with Crippen LogP contribution in [0.3, 0.4) is 0 Å². The van der Waals surface area contributed by atoms with E-state index in [4.69, 9.17) is 5.73 Å². The summed E-state index contributed by atoms with van der Waals surface area (Å²) in [6.45, 7) is 0.180. The third-order valence-electron chi connectivity index (χ3n) is 3.50. The molecule has 0 spiro atoms. The SMILES string of the molecule is Cn1cncc1C(N)C1(CO)CCC1. The molecule has 1 aromatic heterocycles. The lowest BCUT2D eigenvalue weighted by Crippen LogP contribution is -2.44. The van der Waals surface area contributed by atoms with Crippen LogP contribution >= 0.6 is 0 Å². The van der Waals surface area contributed by atoms with Gasteiger partial charge in [0.2, 0.25) is 0 Å². The second-order valence-electron chi connectivity index (χ2n) is 4.28. The third-order valence-corrected chi connectivity index (χ3v) is 3.50. The molecule has 78 valence electrons. The lowest BCUT2D eigenvalue weighted by Gasteiger charge is -2.44. The molecule has 0 saturated heterocycles. The maximum absolute atomic E-state index is 9.39. The van der Waals surface area contributed by atoms with E-state index in [9.17, 15) is 5.11 Å². The highest BCUT2D eigenvalue weighted by atomic mass is 16.3. The highest BCUT2D eigenvalue weighted by molar-refractivity contribution is 5.12. The van der Waals surface area contributed by atoms with Crippen molar-refractivity contribution in [1.82, 2.24) is 9.55 Å². The molecule has 14 heavy (non-hydrogen) atoms. The number of aliphatic hydroxyl groups excluding tert-OH is 1. The second-order valence-corrected chi connectivity index (χ2v) is 4.28. The Morgan fingerprint density at radius 1 is 1.71 bits per heavy atom. The predicted octanol–water partition coefficient (Wildman–Crippen LogP) is 0.582. The Labute approximate surface area is 83.8 Å². The van der Waals surface area contributed by atoms with Gasteiger partial charge >= 0.3 is 0 Å². The Morgan fingerprint density at radius 3 is 2.79 bits per heavy atom. The summed E-state index contributed by atoms with van der Waals surface area (Å²) in [6, 6.07) is -0.0891. The molecule has 1 fully saturated rings. The van der Waals surface area contributed by atoms with Gasteiger partial charge in [-0.15, -0.1) is 0 Å². The summed E-state index contributed by atoms with van der Waals surface area (Å²) in [5.74, 6) is 0. The number of hydrogen-bond acceptors (Lipinski definition) is 3. The van der Waals surface area contributed by atoms with Gasteiger partial charge in [0.15, 0.2) is 0 Å². The van der Waals surface area contributed by atoms with Crippen molar-refractivity contribution >= 4 is 0 Å². The van der Waals surface area contributed by atoms with E-state index in [1.54, 1.807) is 12.5 Å². The molecule has 1 aromatic rings.